The number of amides is 1. The van der Waals surface area contributed by atoms with E-state index < -0.39 is 74.6 Å². The van der Waals surface area contributed by atoms with Crippen LogP contribution in [0.15, 0.2) is 12.1 Å². The first-order chi connectivity index (χ1) is 20.9. The molecule has 0 radical (unpaired) electrons. The van der Waals surface area contributed by atoms with Gasteiger partial charge in [-0.3, -0.25) is 4.79 Å². The van der Waals surface area contributed by atoms with E-state index in [1.54, 1.807) is 13.2 Å². The van der Waals surface area contributed by atoms with Gasteiger partial charge in [-0.05, 0) is 19.0 Å². The van der Waals surface area contributed by atoms with E-state index in [1.807, 2.05) is 0 Å². The van der Waals surface area contributed by atoms with Crippen LogP contribution in [0.3, 0.4) is 0 Å². The molecule has 12 N–H and O–H groups in total. The number of aliphatic hydroxyl groups is 8. The number of anilines is 1. The minimum absolute atomic E-state index is 0.0511. The summed E-state index contributed by atoms with van der Waals surface area (Å²) in [6.45, 7) is 0.202. The van der Waals surface area contributed by atoms with Crippen LogP contribution in [0.5, 0.6) is 5.75 Å². The van der Waals surface area contributed by atoms with Gasteiger partial charge in [0.15, 0.2) is 12.6 Å². The van der Waals surface area contributed by atoms with Gasteiger partial charge in [0, 0.05) is 19.7 Å². The zero-order valence-electron chi connectivity index (χ0n) is 24.1. The third kappa shape index (κ3) is 8.45. The summed E-state index contributed by atoms with van der Waals surface area (Å²) in [6.07, 6.45) is -14.8. The average molecular weight is 656 g/mol. The normalized spacial score (nSPS) is 37.4. The second-order valence-electron chi connectivity index (χ2n) is 10.4. The largest absolute Gasteiger partial charge is 0.496 e. The van der Waals surface area contributed by atoms with E-state index in [0.29, 0.717) is 28.6 Å². The van der Waals surface area contributed by atoms with Crippen LogP contribution in [0.25, 0.3) is 0 Å². The SMILES string of the molecule is COc1cc(N)c(Cl)cc1C(=O)N[C@@H]1CCNC[C@@H]1OC.OC[C@H]1O[C@@H](O[C@H]2[C@H](O)[C@@H](O)[C@H](O)O[C@@H]2CO)[C@H](O)[C@@H](O)[C@H]1O. The van der Waals surface area contributed by atoms with Gasteiger partial charge in [-0.1, -0.05) is 11.6 Å². The molecule has 1 aromatic rings. The quantitative estimate of drug-likeness (QED) is 0.118. The van der Waals surface area contributed by atoms with Crippen molar-refractivity contribution in [3.63, 3.8) is 0 Å². The van der Waals surface area contributed by atoms with Crippen molar-refractivity contribution >= 4 is 23.2 Å². The molecule has 0 bridgehead atoms. The second kappa shape index (κ2) is 16.6. The minimum atomic E-state index is -1.74. The highest BCUT2D eigenvalue weighted by atomic mass is 35.5. The van der Waals surface area contributed by atoms with E-state index in [4.69, 9.17) is 46.1 Å². The van der Waals surface area contributed by atoms with Crippen molar-refractivity contribution in [1.82, 2.24) is 10.6 Å². The van der Waals surface area contributed by atoms with Gasteiger partial charge in [-0.25, -0.2) is 0 Å². The van der Waals surface area contributed by atoms with Gasteiger partial charge in [0.2, 0.25) is 0 Å². The fourth-order valence-corrected chi connectivity index (χ4v) is 5.14. The van der Waals surface area contributed by atoms with Gasteiger partial charge in [0.1, 0.15) is 54.6 Å². The highest BCUT2D eigenvalue weighted by Crippen LogP contribution is 2.30. The molecule has 4 rings (SSSR count). The van der Waals surface area contributed by atoms with E-state index in [9.17, 15) is 40.5 Å². The van der Waals surface area contributed by atoms with Crippen LogP contribution in [-0.4, -0.2) is 161 Å². The van der Waals surface area contributed by atoms with Crippen molar-refractivity contribution < 1.29 is 69.3 Å². The van der Waals surface area contributed by atoms with Crippen molar-refractivity contribution in [2.24, 2.45) is 0 Å². The Kier molecular flexibility index (Phi) is 13.8. The lowest BCUT2D eigenvalue weighted by atomic mass is 9.97. The molecule has 1 aromatic carbocycles. The Bertz CT molecular complexity index is 1070. The molecule has 17 nitrogen and oxygen atoms in total. The molecule has 252 valence electrons. The van der Waals surface area contributed by atoms with Gasteiger partial charge in [-0.15, -0.1) is 0 Å². The van der Waals surface area contributed by atoms with Crippen molar-refractivity contribution in [1.29, 1.82) is 0 Å². The number of benzene rings is 1. The maximum atomic E-state index is 12.5. The van der Waals surface area contributed by atoms with Crippen LogP contribution in [-0.2, 0) is 18.9 Å². The molecule has 3 fully saturated rings. The molecule has 1 amide bonds. The van der Waals surface area contributed by atoms with Crippen LogP contribution in [0.2, 0.25) is 5.02 Å². The summed E-state index contributed by atoms with van der Waals surface area (Å²) in [4.78, 5) is 12.5. The molecule has 0 aromatic heterocycles. The van der Waals surface area contributed by atoms with Crippen LogP contribution >= 0.6 is 11.6 Å². The first-order valence-corrected chi connectivity index (χ1v) is 14.2. The maximum Gasteiger partial charge on any atom is 0.255 e. The Balaban J connectivity index is 0.000000241. The van der Waals surface area contributed by atoms with Crippen molar-refractivity contribution in [2.45, 2.75) is 80.0 Å². The summed E-state index contributed by atoms with van der Waals surface area (Å²) >= 11 is 5.99. The lowest BCUT2D eigenvalue weighted by molar-refractivity contribution is -0.355. The number of carbonyl (C=O) groups excluding carboxylic acids is 1. The number of carbonyl (C=O) groups is 1. The number of halogens is 1. The summed E-state index contributed by atoms with van der Waals surface area (Å²) in [5, 5.41) is 83.0. The number of ether oxygens (including phenoxy) is 5. The monoisotopic (exact) mass is 655 g/mol. The molecule has 3 aliphatic heterocycles. The number of nitrogens with one attached hydrogen (secondary N) is 2. The fraction of sp³-hybridized carbons (Fsp3) is 0.731. The standard InChI is InChI=1S/C14H20ClN3O3.C12H22O11/c1-20-12-6-10(16)9(15)5-8(12)14(19)18-11-3-4-17-7-13(11)21-2;13-1-3-5(15)6(16)9(19)12(22-3)23-10-4(2-14)21-11(20)8(18)7(10)17/h5-6,11,13,17H,3-4,7,16H2,1-2H3,(H,18,19);3-20H,1-2H2/t11-,13+;3-,4-,5+,6+,7-,8-,9-,10-,11-,12+/m11/s1. The Labute approximate surface area is 258 Å². The molecule has 0 spiro atoms. The molecular weight excluding hydrogens is 614 g/mol. The summed E-state index contributed by atoms with van der Waals surface area (Å²) in [5.74, 6) is 0.153. The summed E-state index contributed by atoms with van der Waals surface area (Å²) < 4.78 is 25.8. The van der Waals surface area contributed by atoms with Crippen LogP contribution in [0, 0.1) is 0 Å². The zero-order chi connectivity index (χ0) is 32.7. The molecule has 12 atom stereocenters. The smallest absolute Gasteiger partial charge is 0.255 e. The van der Waals surface area contributed by atoms with Gasteiger partial charge >= 0.3 is 0 Å². The van der Waals surface area contributed by atoms with Crippen LogP contribution in [0.4, 0.5) is 5.69 Å². The summed E-state index contributed by atoms with van der Waals surface area (Å²) in [7, 11) is 3.12. The lowest BCUT2D eigenvalue weighted by Crippen LogP contribution is -2.64. The number of aliphatic hydroxyl groups excluding tert-OH is 8. The highest BCUT2D eigenvalue weighted by molar-refractivity contribution is 6.33. The minimum Gasteiger partial charge on any atom is -0.496 e. The molecule has 0 unspecified atom stereocenters. The maximum absolute atomic E-state index is 12.5. The number of nitrogen functional groups attached to an aromatic ring is 1. The third-order valence-corrected chi connectivity index (χ3v) is 7.92. The van der Waals surface area contributed by atoms with E-state index in [1.165, 1.54) is 13.2 Å². The predicted octanol–water partition coefficient (Wildman–Crippen LogP) is -4.36. The molecule has 0 saturated carbocycles. The fourth-order valence-electron chi connectivity index (χ4n) is 4.97. The van der Waals surface area contributed by atoms with E-state index in [-0.39, 0.29) is 18.1 Å². The average Bonchev–Trinajstić information content (AvgIpc) is 3.02. The first kappa shape index (κ1) is 36.5. The van der Waals surface area contributed by atoms with Gasteiger partial charge in [-0.2, -0.15) is 0 Å². The van der Waals surface area contributed by atoms with E-state index >= 15 is 0 Å². The zero-order valence-corrected chi connectivity index (χ0v) is 24.9. The molecule has 3 heterocycles. The van der Waals surface area contributed by atoms with Gasteiger partial charge in [0.25, 0.3) is 5.91 Å². The number of nitrogens with two attached hydrogens (primary N) is 1. The molecular formula is C26H42ClN3O14. The van der Waals surface area contributed by atoms with Crippen molar-refractivity contribution in [3.8, 4) is 5.75 Å². The molecule has 44 heavy (non-hydrogen) atoms. The number of rotatable bonds is 8. The van der Waals surface area contributed by atoms with Gasteiger partial charge in [0.05, 0.1) is 48.7 Å². The van der Waals surface area contributed by atoms with Crippen molar-refractivity contribution in [3.05, 3.63) is 22.7 Å². The third-order valence-electron chi connectivity index (χ3n) is 7.59. The number of methoxy groups -OCH3 is 2. The Morgan fingerprint density at radius 2 is 1.68 bits per heavy atom. The number of piperidine rings is 1. The Hall–Kier alpha value is -1.94. The summed E-state index contributed by atoms with van der Waals surface area (Å²) in [6, 6.07) is 3.02. The summed E-state index contributed by atoms with van der Waals surface area (Å²) in [5.41, 5.74) is 6.46. The Morgan fingerprint density at radius 1 is 1.00 bits per heavy atom. The number of hydrogen-bond acceptors (Lipinski definition) is 16. The van der Waals surface area contributed by atoms with Crippen LogP contribution < -0.4 is 21.1 Å². The molecule has 18 heteroatoms. The van der Waals surface area contributed by atoms with Crippen LogP contribution in [0.1, 0.15) is 16.8 Å². The van der Waals surface area contributed by atoms with Crippen molar-refractivity contribution in [2.75, 3.05) is 46.3 Å². The highest BCUT2D eigenvalue weighted by Gasteiger charge is 2.50. The Morgan fingerprint density at radius 3 is 2.30 bits per heavy atom. The second-order valence-corrected chi connectivity index (χ2v) is 10.9. The molecule has 0 aliphatic carbocycles. The lowest BCUT2D eigenvalue weighted by Gasteiger charge is -2.45. The predicted molar refractivity (Wildman–Crippen MR) is 151 cm³/mol. The first-order valence-electron chi connectivity index (χ1n) is 13.8. The van der Waals surface area contributed by atoms with Gasteiger partial charge < -0.3 is 80.9 Å². The van der Waals surface area contributed by atoms with E-state index in [2.05, 4.69) is 10.6 Å². The topological polar surface area (TPSA) is 275 Å². The molecule has 3 saturated heterocycles. The van der Waals surface area contributed by atoms with E-state index in [0.717, 1.165) is 13.0 Å². The molecule has 3 aliphatic rings. The number of hydrogen-bond donors (Lipinski definition) is 11.